The van der Waals surface area contributed by atoms with E-state index in [1.54, 1.807) is 0 Å². The van der Waals surface area contributed by atoms with Crippen molar-refractivity contribution in [2.45, 2.75) is 45.1 Å². The molecule has 1 amide bonds. The van der Waals surface area contributed by atoms with E-state index >= 15 is 0 Å². The summed E-state index contributed by atoms with van der Waals surface area (Å²) in [6.07, 6.45) is 5.65. The Balaban J connectivity index is 1.55. The topological polar surface area (TPSA) is 32.3 Å². The van der Waals surface area contributed by atoms with Gasteiger partial charge in [0.2, 0.25) is 5.91 Å². The van der Waals surface area contributed by atoms with Crippen LogP contribution in [0.4, 0.5) is 0 Å². The van der Waals surface area contributed by atoms with Gasteiger partial charge in [0.25, 0.3) is 0 Å². The number of carbonyl (C=O) groups is 1. The first-order valence-electron chi connectivity index (χ1n) is 6.27. The van der Waals surface area contributed by atoms with Crippen molar-refractivity contribution >= 4 is 5.91 Å². The zero-order valence-corrected chi connectivity index (χ0v) is 9.67. The van der Waals surface area contributed by atoms with Gasteiger partial charge < -0.3 is 10.2 Å². The summed E-state index contributed by atoms with van der Waals surface area (Å²) < 4.78 is 0. The molecule has 1 heterocycles. The maximum atomic E-state index is 11.7. The highest BCUT2D eigenvalue weighted by molar-refractivity contribution is 5.76. The molecule has 3 nitrogen and oxygen atoms in total. The Bertz CT molecular complexity index is 218. The number of hydrogen-bond donors (Lipinski definition) is 1. The summed E-state index contributed by atoms with van der Waals surface area (Å²) in [6, 6.07) is 0.686. The van der Waals surface area contributed by atoms with Crippen molar-refractivity contribution in [3.63, 3.8) is 0 Å². The minimum absolute atomic E-state index is 0.340. The quantitative estimate of drug-likeness (QED) is 0.760. The Labute approximate surface area is 92.2 Å². The third-order valence-electron chi connectivity index (χ3n) is 3.60. The summed E-state index contributed by atoms with van der Waals surface area (Å²) in [4.78, 5) is 13.7. The number of hydrogen-bond acceptors (Lipinski definition) is 2. The molecule has 0 radical (unpaired) electrons. The van der Waals surface area contributed by atoms with Gasteiger partial charge in [0.05, 0.1) is 0 Å². The second-order valence-corrected chi connectivity index (χ2v) is 5.07. The molecule has 1 aliphatic carbocycles. The second kappa shape index (κ2) is 4.97. The number of nitrogens with zero attached hydrogens (tertiary/aromatic N) is 1. The average Bonchev–Trinajstić information content (AvgIpc) is 2.67. The molecular weight excluding hydrogens is 188 g/mol. The Kier molecular flexibility index (Phi) is 3.62. The summed E-state index contributed by atoms with van der Waals surface area (Å²) in [5.74, 6) is 1.23. The fourth-order valence-electron chi connectivity index (χ4n) is 2.58. The van der Waals surface area contributed by atoms with Gasteiger partial charge in [-0.1, -0.05) is 6.92 Å². The molecule has 2 rings (SSSR count). The molecule has 0 aromatic carbocycles. The predicted octanol–water partition coefficient (Wildman–Crippen LogP) is 1.39. The van der Waals surface area contributed by atoms with Crippen molar-refractivity contribution in [3.8, 4) is 0 Å². The van der Waals surface area contributed by atoms with Gasteiger partial charge in [-0.15, -0.1) is 0 Å². The van der Waals surface area contributed by atoms with Gasteiger partial charge in [-0.3, -0.25) is 4.79 Å². The third kappa shape index (κ3) is 2.94. The van der Waals surface area contributed by atoms with Crippen LogP contribution < -0.4 is 5.32 Å². The van der Waals surface area contributed by atoms with E-state index in [0.29, 0.717) is 18.4 Å². The first-order chi connectivity index (χ1) is 7.25. The highest BCUT2D eigenvalue weighted by Crippen LogP contribution is 2.26. The molecule has 1 saturated heterocycles. The molecule has 0 atom stereocenters. The molecule has 0 bridgehead atoms. The maximum absolute atomic E-state index is 11.7. The van der Waals surface area contributed by atoms with Crippen LogP contribution in [0.15, 0.2) is 0 Å². The highest BCUT2D eigenvalue weighted by Gasteiger charge is 2.25. The first-order valence-corrected chi connectivity index (χ1v) is 6.27. The van der Waals surface area contributed by atoms with Crippen LogP contribution in [0.2, 0.25) is 0 Å². The fourth-order valence-corrected chi connectivity index (χ4v) is 2.58. The monoisotopic (exact) mass is 210 g/mol. The van der Waals surface area contributed by atoms with Gasteiger partial charge in [0.15, 0.2) is 0 Å². The van der Waals surface area contributed by atoms with Crippen LogP contribution in [0, 0.1) is 5.92 Å². The van der Waals surface area contributed by atoms with Gasteiger partial charge in [0.1, 0.15) is 0 Å². The molecule has 0 unspecified atom stereocenters. The standard InChI is InChI=1S/C12H22N2O/c1-10-8-11(9-10)13-5-4-12(15)14-6-2-3-7-14/h10-11,13H,2-9H2,1H3. The lowest BCUT2D eigenvalue weighted by atomic mass is 9.82. The molecule has 0 spiro atoms. The zero-order valence-electron chi connectivity index (χ0n) is 9.67. The molecule has 2 aliphatic rings. The van der Waals surface area contributed by atoms with E-state index < -0.39 is 0 Å². The van der Waals surface area contributed by atoms with Crippen LogP contribution >= 0.6 is 0 Å². The Morgan fingerprint density at radius 1 is 1.33 bits per heavy atom. The summed E-state index contributed by atoms with van der Waals surface area (Å²) in [5, 5.41) is 3.46. The van der Waals surface area contributed by atoms with E-state index in [1.165, 1.54) is 25.7 Å². The van der Waals surface area contributed by atoms with Gasteiger partial charge in [-0.25, -0.2) is 0 Å². The lowest BCUT2D eigenvalue weighted by Crippen LogP contribution is -2.41. The van der Waals surface area contributed by atoms with Gasteiger partial charge in [0, 0.05) is 32.1 Å². The molecule has 1 saturated carbocycles. The lowest BCUT2D eigenvalue weighted by molar-refractivity contribution is -0.130. The second-order valence-electron chi connectivity index (χ2n) is 5.07. The Morgan fingerprint density at radius 3 is 2.60 bits per heavy atom. The molecule has 15 heavy (non-hydrogen) atoms. The SMILES string of the molecule is CC1CC(NCCC(=O)N2CCCC2)C1. The smallest absolute Gasteiger partial charge is 0.223 e. The van der Waals surface area contributed by atoms with Crippen molar-refractivity contribution in [1.29, 1.82) is 0 Å². The van der Waals surface area contributed by atoms with Crippen LogP contribution in [0.1, 0.15) is 39.0 Å². The van der Waals surface area contributed by atoms with E-state index in [-0.39, 0.29) is 0 Å². The largest absolute Gasteiger partial charge is 0.343 e. The van der Waals surface area contributed by atoms with Crippen LogP contribution in [0.3, 0.4) is 0 Å². The van der Waals surface area contributed by atoms with Gasteiger partial charge >= 0.3 is 0 Å². The third-order valence-corrected chi connectivity index (χ3v) is 3.60. The Hall–Kier alpha value is -0.570. The van der Waals surface area contributed by atoms with E-state index in [2.05, 4.69) is 12.2 Å². The van der Waals surface area contributed by atoms with Gasteiger partial charge in [-0.05, 0) is 31.6 Å². The van der Waals surface area contributed by atoms with E-state index in [0.717, 1.165) is 25.6 Å². The normalized spacial score (nSPS) is 30.3. The van der Waals surface area contributed by atoms with Crippen molar-refractivity contribution in [1.82, 2.24) is 10.2 Å². The number of nitrogens with one attached hydrogen (secondary N) is 1. The number of likely N-dealkylation sites (tertiary alicyclic amines) is 1. The Morgan fingerprint density at radius 2 is 2.00 bits per heavy atom. The van der Waals surface area contributed by atoms with Crippen LogP contribution in [-0.4, -0.2) is 36.5 Å². The molecule has 0 aromatic heterocycles. The number of carbonyl (C=O) groups excluding carboxylic acids is 1. The number of amides is 1. The van der Waals surface area contributed by atoms with Crippen molar-refractivity contribution in [2.24, 2.45) is 5.92 Å². The summed E-state index contributed by atoms with van der Waals surface area (Å²) >= 11 is 0. The molecule has 0 aromatic rings. The van der Waals surface area contributed by atoms with Crippen molar-refractivity contribution < 1.29 is 4.79 Å². The van der Waals surface area contributed by atoms with Crippen LogP contribution in [0.25, 0.3) is 0 Å². The summed E-state index contributed by atoms with van der Waals surface area (Å²) in [6.45, 7) is 5.12. The highest BCUT2D eigenvalue weighted by atomic mass is 16.2. The molecule has 2 fully saturated rings. The van der Waals surface area contributed by atoms with E-state index in [4.69, 9.17) is 0 Å². The molecule has 86 valence electrons. The molecule has 1 aliphatic heterocycles. The van der Waals surface area contributed by atoms with Crippen molar-refractivity contribution in [2.75, 3.05) is 19.6 Å². The maximum Gasteiger partial charge on any atom is 0.223 e. The fraction of sp³-hybridized carbons (Fsp3) is 0.917. The minimum atomic E-state index is 0.340. The van der Waals surface area contributed by atoms with E-state index in [9.17, 15) is 4.79 Å². The molecular formula is C12H22N2O. The number of rotatable bonds is 4. The molecule has 3 heteroatoms. The van der Waals surface area contributed by atoms with E-state index in [1.807, 2.05) is 4.90 Å². The molecule has 1 N–H and O–H groups in total. The first kappa shape index (κ1) is 10.9. The van der Waals surface area contributed by atoms with Crippen molar-refractivity contribution in [3.05, 3.63) is 0 Å². The van der Waals surface area contributed by atoms with Crippen LogP contribution in [0.5, 0.6) is 0 Å². The van der Waals surface area contributed by atoms with Gasteiger partial charge in [-0.2, -0.15) is 0 Å². The van der Waals surface area contributed by atoms with Crippen LogP contribution in [-0.2, 0) is 4.79 Å². The minimum Gasteiger partial charge on any atom is -0.343 e. The zero-order chi connectivity index (χ0) is 10.7. The summed E-state index contributed by atoms with van der Waals surface area (Å²) in [5.41, 5.74) is 0. The predicted molar refractivity (Wildman–Crippen MR) is 60.6 cm³/mol. The lowest BCUT2D eigenvalue weighted by Gasteiger charge is -2.33. The summed E-state index contributed by atoms with van der Waals surface area (Å²) in [7, 11) is 0. The average molecular weight is 210 g/mol.